The summed E-state index contributed by atoms with van der Waals surface area (Å²) < 4.78 is 14.7. The van der Waals surface area contributed by atoms with Crippen molar-refractivity contribution in [1.82, 2.24) is 5.32 Å². The van der Waals surface area contributed by atoms with Gasteiger partial charge in [0, 0.05) is 5.56 Å². The number of halogens is 1. The van der Waals surface area contributed by atoms with Crippen molar-refractivity contribution in [2.75, 3.05) is 0 Å². The van der Waals surface area contributed by atoms with E-state index in [1.165, 1.54) is 17.8 Å². The molecule has 0 aromatic heterocycles. The van der Waals surface area contributed by atoms with E-state index in [0.29, 0.717) is 39.7 Å². The zero-order valence-electron chi connectivity index (χ0n) is 20.8. The maximum Gasteiger partial charge on any atom is 1.00 e. The fourth-order valence-corrected chi connectivity index (χ4v) is 5.52. The predicted molar refractivity (Wildman–Crippen MR) is 138 cm³/mol. The number of carboxylic acids is 1. The first-order valence-electron chi connectivity index (χ1n) is 11.4. The summed E-state index contributed by atoms with van der Waals surface area (Å²) in [6.07, 6.45) is 4.74. The standard InChI is InChI=1S/C28H23FN2O3S.Na.H/c29-23-16-18(8-13-22(23)19-6-2-1-3-7-19)17-24-25(32)31-27(35-24)30-21-11-9-20(10-12-21)28(26(33)34)14-4-5-15-28;;/h1-3,6-13,16-17H,4-5,14-15H2,(H,33,34)(H,30,31,32);;/q;+1;-1. The molecule has 0 radical (unpaired) electrons. The summed E-state index contributed by atoms with van der Waals surface area (Å²) in [7, 11) is 0. The van der Waals surface area contributed by atoms with Crippen LogP contribution < -0.4 is 34.9 Å². The summed E-state index contributed by atoms with van der Waals surface area (Å²) in [5, 5.41) is 12.9. The van der Waals surface area contributed by atoms with Crippen molar-refractivity contribution in [1.29, 1.82) is 0 Å². The Morgan fingerprint density at radius 3 is 2.39 bits per heavy atom. The molecule has 1 amide bonds. The van der Waals surface area contributed by atoms with E-state index in [2.05, 4.69) is 10.3 Å². The quantitative estimate of drug-likeness (QED) is 0.408. The molecule has 36 heavy (non-hydrogen) atoms. The van der Waals surface area contributed by atoms with E-state index < -0.39 is 11.4 Å². The molecule has 8 heteroatoms. The molecule has 0 bridgehead atoms. The molecule has 0 atom stereocenters. The van der Waals surface area contributed by atoms with Gasteiger partial charge in [0.1, 0.15) is 5.82 Å². The van der Waals surface area contributed by atoms with E-state index in [-0.39, 0.29) is 42.7 Å². The van der Waals surface area contributed by atoms with Crippen LogP contribution in [-0.2, 0) is 15.0 Å². The molecule has 178 valence electrons. The third kappa shape index (κ3) is 5.34. The fourth-order valence-electron chi connectivity index (χ4n) is 4.68. The van der Waals surface area contributed by atoms with Gasteiger partial charge < -0.3 is 11.8 Å². The Morgan fingerprint density at radius 2 is 1.75 bits per heavy atom. The van der Waals surface area contributed by atoms with E-state index in [0.717, 1.165) is 24.0 Å². The van der Waals surface area contributed by atoms with Gasteiger partial charge in [-0.05, 0) is 65.6 Å². The van der Waals surface area contributed by atoms with Gasteiger partial charge in [-0.25, -0.2) is 9.38 Å². The molecule has 2 aliphatic rings. The van der Waals surface area contributed by atoms with Crippen molar-refractivity contribution in [2.24, 2.45) is 4.99 Å². The van der Waals surface area contributed by atoms with Gasteiger partial charge >= 0.3 is 35.5 Å². The van der Waals surface area contributed by atoms with Crippen LogP contribution in [0, 0.1) is 5.82 Å². The predicted octanol–water partition coefficient (Wildman–Crippen LogP) is 3.40. The van der Waals surface area contributed by atoms with Crippen LogP contribution in [0.25, 0.3) is 17.2 Å². The number of amides is 1. The van der Waals surface area contributed by atoms with Gasteiger partial charge in [0.05, 0.1) is 16.0 Å². The number of carboxylic acid groups (broad SMARTS) is 1. The maximum atomic E-state index is 14.7. The second kappa shape index (κ2) is 11.1. The normalized spacial score (nSPS) is 18.8. The Bertz CT molecular complexity index is 1360. The topological polar surface area (TPSA) is 78.8 Å². The zero-order valence-corrected chi connectivity index (χ0v) is 22.6. The number of aliphatic carboxylic acids is 1. The fraction of sp³-hybridized carbons (Fsp3) is 0.179. The third-order valence-corrected chi connectivity index (χ3v) is 7.45. The largest absolute Gasteiger partial charge is 1.00 e. The number of carbonyl (C=O) groups is 2. The Morgan fingerprint density at radius 1 is 1.06 bits per heavy atom. The molecule has 1 aliphatic carbocycles. The first-order valence-corrected chi connectivity index (χ1v) is 12.2. The second-order valence-electron chi connectivity index (χ2n) is 8.73. The van der Waals surface area contributed by atoms with Crippen molar-refractivity contribution >= 4 is 40.6 Å². The number of hydrogen-bond acceptors (Lipinski definition) is 4. The monoisotopic (exact) mass is 510 g/mol. The molecule has 1 heterocycles. The smallest absolute Gasteiger partial charge is 1.00 e. The molecule has 0 unspecified atom stereocenters. The van der Waals surface area contributed by atoms with Gasteiger partial charge in [0.15, 0.2) is 5.17 Å². The minimum absolute atomic E-state index is 0. The van der Waals surface area contributed by atoms with Gasteiger partial charge in [-0.2, -0.15) is 0 Å². The van der Waals surface area contributed by atoms with Crippen LogP contribution in [-0.4, -0.2) is 22.2 Å². The number of rotatable bonds is 5. The second-order valence-corrected chi connectivity index (χ2v) is 9.76. The average molecular weight is 511 g/mol. The summed E-state index contributed by atoms with van der Waals surface area (Å²) in [5.41, 5.74) is 2.47. The van der Waals surface area contributed by atoms with Crippen molar-refractivity contribution in [2.45, 2.75) is 31.1 Å². The van der Waals surface area contributed by atoms with Crippen LogP contribution in [0.5, 0.6) is 0 Å². The number of benzene rings is 3. The summed E-state index contributed by atoms with van der Waals surface area (Å²) >= 11 is 1.18. The number of carbonyl (C=O) groups excluding carboxylic acids is 1. The van der Waals surface area contributed by atoms with Crippen LogP contribution in [0.3, 0.4) is 0 Å². The van der Waals surface area contributed by atoms with E-state index in [4.69, 9.17) is 0 Å². The summed E-state index contributed by atoms with van der Waals surface area (Å²) in [6.45, 7) is 0. The summed E-state index contributed by atoms with van der Waals surface area (Å²) in [5.74, 6) is -1.44. The van der Waals surface area contributed by atoms with E-state index >= 15 is 0 Å². The van der Waals surface area contributed by atoms with Crippen LogP contribution in [0.15, 0.2) is 82.7 Å². The Hall–Kier alpha value is -2.71. The van der Waals surface area contributed by atoms with Crippen molar-refractivity contribution < 1.29 is 50.1 Å². The molecule has 2 fully saturated rings. The summed E-state index contributed by atoms with van der Waals surface area (Å²) in [4.78, 5) is 29.3. The van der Waals surface area contributed by atoms with E-state index in [9.17, 15) is 19.1 Å². The molecule has 5 rings (SSSR count). The van der Waals surface area contributed by atoms with Gasteiger partial charge in [-0.15, -0.1) is 0 Å². The molecule has 2 N–H and O–H groups in total. The maximum absolute atomic E-state index is 14.7. The van der Waals surface area contributed by atoms with Crippen LogP contribution >= 0.6 is 11.8 Å². The van der Waals surface area contributed by atoms with Gasteiger partial charge in [-0.1, -0.05) is 67.4 Å². The first kappa shape index (κ1) is 26.4. The average Bonchev–Trinajstić information content (AvgIpc) is 3.48. The van der Waals surface area contributed by atoms with E-state index in [1.807, 2.05) is 42.5 Å². The van der Waals surface area contributed by atoms with Crippen molar-refractivity contribution in [3.8, 4) is 11.1 Å². The minimum atomic E-state index is -0.816. The van der Waals surface area contributed by atoms with Crippen LogP contribution in [0.2, 0.25) is 0 Å². The van der Waals surface area contributed by atoms with Gasteiger partial charge in [0.2, 0.25) is 0 Å². The minimum Gasteiger partial charge on any atom is -1.00 e. The molecule has 0 spiro atoms. The Balaban J connectivity index is 0.00000190. The Labute approximate surface area is 236 Å². The molecule has 1 aliphatic heterocycles. The molecular weight excluding hydrogens is 486 g/mol. The Kier molecular flexibility index (Phi) is 8.15. The molecule has 1 saturated heterocycles. The van der Waals surface area contributed by atoms with Gasteiger partial charge in [0.25, 0.3) is 5.91 Å². The number of aliphatic imine (C=N–C) groups is 1. The van der Waals surface area contributed by atoms with Crippen LogP contribution in [0.1, 0.15) is 38.2 Å². The van der Waals surface area contributed by atoms with Crippen molar-refractivity contribution in [3.05, 3.63) is 94.6 Å². The third-order valence-electron chi connectivity index (χ3n) is 6.54. The SMILES string of the molecule is O=C1NC(=Nc2ccc(C3(C(=O)O)CCCC3)cc2)SC1=Cc1ccc(-c2ccccc2)c(F)c1.[H-].[Na+]. The number of nitrogens with zero attached hydrogens (tertiary/aromatic N) is 1. The first-order chi connectivity index (χ1) is 16.9. The zero-order chi connectivity index (χ0) is 24.4. The molecule has 3 aromatic rings. The van der Waals surface area contributed by atoms with Crippen molar-refractivity contribution in [3.63, 3.8) is 0 Å². The number of nitrogens with one attached hydrogen (secondary N) is 1. The molecule has 3 aromatic carbocycles. The molecular formula is C28H24FN2NaO3S. The molecule has 5 nitrogen and oxygen atoms in total. The number of thioether (sulfide) groups is 1. The number of amidine groups is 1. The van der Waals surface area contributed by atoms with Gasteiger partial charge in [-0.3, -0.25) is 9.59 Å². The number of hydrogen-bond donors (Lipinski definition) is 2. The van der Waals surface area contributed by atoms with E-state index in [1.54, 1.807) is 30.3 Å². The van der Waals surface area contributed by atoms with Crippen LogP contribution in [0.4, 0.5) is 10.1 Å². The molecule has 1 saturated carbocycles. The summed E-state index contributed by atoms with van der Waals surface area (Å²) in [6, 6.07) is 21.4.